The summed E-state index contributed by atoms with van der Waals surface area (Å²) < 4.78 is 4.69. The third kappa shape index (κ3) is 4.66. The second-order valence-electron chi connectivity index (χ2n) is 6.06. The Bertz CT molecular complexity index is 1020. The molecule has 142 valence electrons. The van der Waals surface area contributed by atoms with Gasteiger partial charge >= 0.3 is 5.97 Å². The van der Waals surface area contributed by atoms with Crippen molar-refractivity contribution < 1.29 is 14.3 Å². The van der Waals surface area contributed by atoms with Crippen LogP contribution in [0.2, 0.25) is 5.02 Å². The van der Waals surface area contributed by atoms with Crippen LogP contribution < -0.4 is 10.6 Å². The van der Waals surface area contributed by atoms with Gasteiger partial charge in [-0.2, -0.15) is 0 Å². The van der Waals surface area contributed by atoms with Gasteiger partial charge in [-0.1, -0.05) is 29.3 Å². The quantitative estimate of drug-likeness (QED) is 0.605. The molecule has 1 aromatic heterocycles. The Kier molecular flexibility index (Phi) is 5.91. The van der Waals surface area contributed by atoms with Gasteiger partial charge in [-0.3, -0.25) is 4.79 Å². The predicted octanol–water partition coefficient (Wildman–Crippen LogP) is 4.83. The van der Waals surface area contributed by atoms with Crippen LogP contribution in [-0.4, -0.2) is 24.0 Å². The minimum atomic E-state index is -0.513. The molecule has 0 fully saturated rings. The predicted molar refractivity (Wildman–Crippen MR) is 109 cm³/mol. The van der Waals surface area contributed by atoms with Gasteiger partial charge < -0.3 is 15.4 Å². The number of amides is 1. The number of ether oxygens (including phenoxy) is 1. The van der Waals surface area contributed by atoms with Gasteiger partial charge in [-0.05, 0) is 49.4 Å². The van der Waals surface area contributed by atoms with Gasteiger partial charge in [0.15, 0.2) is 0 Å². The summed E-state index contributed by atoms with van der Waals surface area (Å²) in [6.07, 6.45) is 1.54. The molecule has 0 bridgehead atoms. The van der Waals surface area contributed by atoms with Crippen LogP contribution in [0.4, 0.5) is 17.2 Å². The fourth-order valence-electron chi connectivity index (χ4n) is 2.49. The van der Waals surface area contributed by atoms with Crippen molar-refractivity contribution in [1.82, 2.24) is 4.98 Å². The molecule has 0 saturated heterocycles. The van der Waals surface area contributed by atoms with E-state index in [1.54, 1.807) is 12.1 Å². The zero-order valence-corrected chi connectivity index (χ0v) is 16.1. The van der Waals surface area contributed by atoms with Crippen molar-refractivity contribution in [3.05, 3.63) is 82.5 Å². The first-order chi connectivity index (χ1) is 13.5. The van der Waals surface area contributed by atoms with E-state index in [0.29, 0.717) is 27.7 Å². The number of anilines is 3. The minimum Gasteiger partial charge on any atom is -0.465 e. The summed E-state index contributed by atoms with van der Waals surface area (Å²) in [5, 5.41) is 6.18. The lowest BCUT2D eigenvalue weighted by molar-refractivity contribution is 0.0600. The molecule has 0 aliphatic heterocycles. The maximum atomic E-state index is 12.6. The van der Waals surface area contributed by atoms with Gasteiger partial charge in [-0.25, -0.2) is 9.78 Å². The van der Waals surface area contributed by atoms with Crippen molar-refractivity contribution in [3.63, 3.8) is 0 Å². The van der Waals surface area contributed by atoms with E-state index in [4.69, 9.17) is 11.6 Å². The van der Waals surface area contributed by atoms with Crippen molar-refractivity contribution >= 4 is 40.7 Å². The second kappa shape index (κ2) is 8.54. The van der Waals surface area contributed by atoms with Crippen LogP contribution in [0.1, 0.15) is 26.3 Å². The van der Waals surface area contributed by atoms with E-state index in [1.807, 2.05) is 31.2 Å². The van der Waals surface area contributed by atoms with Crippen molar-refractivity contribution in [1.29, 1.82) is 0 Å². The molecule has 3 aromatic rings. The number of hydrogen-bond donors (Lipinski definition) is 2. The highest BCUT2D eigenvalue weighted by Gasteiger charge is 2.13. The van der Waals surface area contributed by atoms with Crippen molar-refractivity contribution in [2.75, 3.05) is 17.7 Å². The first kappa shape index (κ1) is 19.4. The monoisotopic (exact) mass is 395 g/mol. The van der Waals surface area contributed by atoms with E-state index < -0.39 is 5.97 Å². The lowest BCUT2D eigenvalue weighted by Gasteiger charge is -2.10. The van der Waals surface area contributed by atoms with Gasteiger partial charge in [0.25, 0.3) is 5.91 Å². The third-order valence-corrected chi connectivity index (χ3v) is 4.31. The maximum absolute atomic E-state index is 12.6. The molecule has 28 heavy (non-hydrogen) atoms. The number of aromatic nitrogens is 1. The lowest BCUT2D eigenvalue weighted by atomic mass is 10.2. The highest BCUT2D eigenvalue weighted by atomic mass is 35.5. The fraction of sp³-hybridized carbons (Fsp3) is 0.0952. The summed E-state index contributed by atoms with van der Waals surface area (Å²) in [4.78, 5) is 28.5. The Labute approximate surface area is 167 Å². The van der Waals surface area contributed by atoms with Gasteiger partial charge in [0.1, 0.15) is 5.82 Å². The first-order valence-electron chi connectivity index (χ1n) is 8.45. The molecular formula is C21H18ClN3O3. The van der Waals surface area contributed by atoms with Crippen LogP contribution >= 0.6 is 11.6 Å². The molecule has 0 radical (unpaired) electrons. The van der Waals surface area contributed by atoms with E-state index in [1.165, 1.54) is 31.5 Å². The van der Waals surface area contributed by atoms with Gasteiger partial charge in [0.2, 0.25) is 0 Å². The number of aryl methyl sites for hydroxylation is 1. The highest BCUT2D eigenvalue weighted by molar-refractivity contribution is 6.34. The molecule has 0 spiro atoms. The van der Waals surface area contributed by atoms with Crippen molar-refractivity contribution in [2.45, 2.75) is 6.92 Å². The van der Waals surface area contributed by atoms with Crippen molar-refractivity contribution in [2.24, 2.45) is 0 Å². The number of hydrogen-bond acceptors (Lipinski definition) is 5. The van der Waals surface area contributed by atoms with Gasteiger partial charge in [0, 0.05) is 17.4 Å². The summed E-state index contributed by atoms with van der Waals surface area (Å²) in [6.45, 7) is 2.01. The second-order valence-corrected chi connectivity index (χ2v) is 6.47. The molecule has 2 aromatic carbocycles. The largest absolute Gasteiger partial charge is 0.465 e. The average Bonchev–Trinajstić information content (AvgIpc) is 2.71. The summed E-state index contributed by atoms with van der Waals surface area (Å²) in [7, 11) is 1.29. The SMILES string of the molecule is COC(=O)c1ccc(Cl)c(NC(=O)c2ccnc(Nc3ccc(C)cc3)c2)c1. The van der Waals surface area contributed by atoms with Crippen molar-refractivity contribution in [3.8, 4) is 0 Å². The standard InChI is InChI=1S/C21H18ClN3O3/c1-13-3-6-16(7-4-13)24-19-12-14(9-10-23-19)20(26)25-18-11-15(21(27)28-2)5-8-17(18)22/h3-12H,1-2H3,(H,23,24)(H,25,26). The summed E-state index contributed by atoms with van der Waals surface area (Å²) in [5.41, 5.74) is 3.02. The lowest BCUT2D eigenvalue weighted by Crippen LogP contribution is -2.13. The maximum Gasteiger partial charge on any atom is 0.337 e. The van der Waals surface area contributed by atoms with Crippen LogP contribution in [-0.2, 0) is 4.74 Å². The number of nitrogens with zero attached hydrogens (tertiary/aromatic N) is 1. The molecule has 3 rings (SSSR count). The molecule has 1 amide bonds. The fourth-order valence-corrected chi connectivity index (χ4v) is 2.65. The molecule has 7 heteroatoms. The molecule has 2 N–H and O–H groups in total. The number of halogens is 1. The Morgan fingerprint density at radius 2 is 1.75 bits per heavy atom. The Morgan fingerprint density at radius 1 is 1.00 bits per heavy atom. The van der Waals surface area contributed by atoms with E-state index >= 15 is 0 Å². The summed E-state index contributed by atoms with van der Waals surface area (Å²) >= 11 is 6.14. The smallest absolute Gasteiger partial charge is 0.337 e. The van der Waals surface area contributed by atoms with Crippen LogP contribution in [0.25, 0.3) is 0 Å². The third-order valence-electron chi connectivity index (χ3n) is 3.98. The number of pyridine rings is 1. The van der Waals surface area contributed by atoms with Crippen LogP contribution in [0.15, 0.2) is 60.8 Å². The number of esters is 1. The van der Waals surface area contributed by atoms with Crippen LogP contribution in [0.3, 0.4) is 0 Å². The molecule has 0 saturated carbocycles. The Balaban J connectivity index is 1.78. The zero-order valence-electron chi connectivity index (χ0n) is 15.3. The summed E-state index contributed by atoms with van der Waals surface area (Å²) in [6, 6.07) is 15.6. The molecular weight excluding hydrogens is 378 g/mol. The molecule has 0 unspecified atom stereocenters. The number of methoxy groups -OCH3 is 1. The van der Waals surface area contributed by atoms with Crippen LogP contribution in [0, 0.1) is 6.92 Å². The zero-order chi connectivity index (χ0) is 20.1. The Morgan fingerprint density at radius 3 is 2.46 bits per heavy atom. The number of carbonyl (C=O) groups is 2. The minimum absolute atomic E-state index is 0.290. The summed E-state index contributed by atoms with van der Waals surface area (Å²) in [5.74, 6) is -0.357. The van der Waals surface area contributed by atoms with Gasteiger partial charge in [0.05, 0.1) is 23.4 Å². The van der Waals surface area contributed by atoms with E-state index in [0.717, 1.165) is 11.3 Å². The number of benzene rings is 2. The molecule has 1 heterocycles. The number of carbonyl (C=O) groups excluding carboxylic acids is 2. The molecule has 0 atom stereocenters. The van der Waals surface area contributed by atoms with Gasteiger partial charge in [-0.15, -0.1) is 0 Å². The average molecular weight is 396 g/mol. The highest BCUT2D eigenvalue weighted by Crippen LogP contribution is 2.24. The number of rotatable bonds is 5. The Hall–Kier alpha value is -3.38. The van der Waals surface area contributed by atoms with E-state index in [2.05, 4.69) is 20.4 Å². The van der Waals surface area contributed by atoms with E-state index in [-0.39, 0.29) is 5.91 Å². The molecule has 6 nitrogen and oxygen atoms in total. The van der Waals surface area contributed by atoms with Crippen LogP contribution in [0.5, 0.6) is 0 Å². The topological polar surface area (TPSA) is 80.3 Å². The normalized spacial score (nSPS) is 10.2. The molecule has 0 aliphatic rings. The van der Waals surface area contributed by atoms with E-state index in [9.17, 15) is 9.59 Å². The molecule has 0 aliphatic carbocycles. The number of nitrogens with one attached hydrogen (secondary N) is 2. The first-order valence-corrected chi connectivity index (χ1v) is 8.83.